The molecule has 3 heteroatoms. The Bertz CT molecular complexity index is 305. The third-order valence-electron chi connectivity index (χ3n) is 5.12. The fourth-order valence-electron chi connectivity index (χ4n) is 3.43. The predicted molar refractivity (Wildman–Crippen MR) is 74.1 cm³/mol. The lowest BCUT2D eigenvalue weighted by molar-refractivity contribution is -0.131. The van der Waals surface area contributed by atoms with Crippen LogP contribution >= 0.6 is 0 Å². The Morgan fingerprint density at radius 2 is 2.11 bits per heavy atom. The molecule has 0 radical (unpaired) electrons. The van der Waals surface area contributed by atoms with E-state index in [2.05, 4.69) is 37.9 Å². The van der Waals surface area contributed by atoms with E-state index in [0.29, 0.717) is 17.7 Å². The fraction of sp³-hybridized carbons (Fsp3) is 0.933. The molecule has 0 aromatic carbocycles. The molecule has 2 fully saturated rings. The minimum Gasteiger partial charge on any atom is -0.326 e. The van der Waals surface area contributed by atoms with Crippen LogP contribution in [0.1, 0.15) is 53.4 Å². The first-order valence-corrected chi connectivity index (χ1v) is 7.61. The highest BCUT2D eigenvalue weighted by Crippen LogP contribution is 2.33. The molecule has 0 aromatic heterocycles. The maximum Gasteiger partial charge on any atom is 0.241 e. The van der Waals surface area contributed by atoms with E-state index in [1.165, 1.54) is 19.3 Å². The van der Waals surface area contributed by atoms with Gasteiger partial charge in [0.15, 0.2) is 0 Å². The van der Waals surface area contributed by atoms with E-state index in [1.807, 2.05) is 0 Å². The zero-order valence-corrected chi connectivity index (χ0v) is 12.3. The van der Waals surface area contributed by atoms with Gasteiger partial charge in [0.1, 0.15) is 0 Å². The molecule has 1 saturated carbocycles. The van der Waals surface area contributed by atoms with Gasteiger partial charge in [0.25, 0.3) is 0 Å². The first-order chi connectivity index (χ1) is 8.54. The largest absolute Gasteiger partial charge is 0.326 e. The summed E-state index contributed by atoms with van der Waals surface area (Å²) < 4.78 is 0. The number of nitrogens with one attached hydrogen (secondary N) is 1. The minimum absolute atomic E-state index is 0.0432. The average Bonchev–Trinajstić information content (AvgIpc) is 2.87. The van der Waals surface area contributed by atoms with Crippen LogP contribution < -0.4 is 5.32 Å². The molecule has 1 amide bonds. The first-order valence-electron chi connectivity index (χ1n) is 7.61. The van der Waals surface area contributed by atoms with E-state index >= 15 is 0 Å². The highest BCUT2D eigenvalue weighted by Gasteiger charge is 2.40. The number of carbonyl (C=O) groups excluding carboxylic acids is 1. The van der Waals surface area contributed by atoms with E-state index in [1.54, 1.807) is 0 Å². The molecular formula is C15H28N2O. The van der Waals surface area contributed by atoms with Gasteiger partial charge in [-0.25, -0.2) is 0 Å². The summed E-state index contributed by atoms with van der Waals surface area (Å²) in [4.78, 5) is 14.6. The first kappa shape index (κ1) is 13.9. The predicted octanol–water partition coefficient (Wildman–Crippen LogP) is 2.62. The molecule has 0 spiro atoms. The molecule has 1 aliphatic heterocycles. The van der Waals surface area contributed by atoms with Gasteiger partial charge in [-0.15, -0.1) is 0 Å². The molecule has 3 nitrogen and oxygen atoms in total. The third kappa shape index (κ3) is 2.56. The molecule has 1 aliphatic carbocycles. The molecule has 0 bridgehead atoms. The zero-order valence-electron chi connectivity index (χ0n) is 12.3. The number of nitrogens with zero attached hydrogens (tertiary/aromatic N) is 1. The molecule has 5 atom stereocenters. The average molecular weight is 252 g/mol. The van der Waals surface area contributed by atoms with E-state index in [0.717, 1.165) is 18.9 Å². The van der Waals surface area contributed by atoms with Gasteiger partial charge in [-0.3, -0.25) is 10.1 Å². The lowest BCUT2D eigenvalue weighted by atomic mass is 9.96. The van der Waals surface area contributed by atoms with Crippen LogP contribution in [0.5, 0.6) is 0 Å². The van der Waals surface area contributed by atoms with Crippen molar-refractivity contribution in [2.45, 2.75) is 65.6 Å². The minimum atomic E-state index is 0.0432. The number of hydrogen-bond donors (Lipinski definition) is 1. The summed E-state index contributed by atoms with van der Waals surface area (Å²) in [7, 11) is 0. The van der Waals surface area contributed by atoms with Crippen molar-refractivity contribution in [1.82, 2.24) is 10.2 Å². The van der Waals surface area contributed by atoms with Crippen molar-refractivity contribution in [1.29, 1.82) is 0 Å². The molecule has 5 unspecified atom stereocenters. The molecular weight excluding hydrogens is 224 g/mol. The SMILES string of the molecule is CCC(C)C1NC(C)N(CC2CCCC2C)C1=O. The summed E-state index contributed by atoms with van der Waals surface area (Å²) in [6, 6.07) is 0.0432. The van der Waals surface area contributed by atoms with Crippen molar-refractivity contribution in [2.75, 3.05) is 6.54 Å². The quantitative estimate of drug-likeness (QED) is 0.834. The Morgan fingerprint density at radius 3 is 2.67 bits per heavy atom. The van der Waals surface area contributed by atoms with Gasteiger partial charge in [-0.2, -0.15) is 0 Å². The van der Waals surface area contributed by atoms with E-state index in [-0.39, 0.29) is 12.2 Å². The normalized spacial score (nSPS) is 38.4. The fourth-order valence-corrected chi connectivity index (χ4v) is 3.43. The maximum atomic E-state index is 12.5. The van der Waals surface area contributed by atoms with E-state index < -0.39 is 0 Å². The van der Waals surface area contributed by atoms with Crippen molar-refractivity contribution in [3.05, 3.63) is 0 Å². The second kappa shape index (κ2) is 5.60. The molecule has 2 rings (SSSR count). The van der Waals surface area contributed by atoms with Gasteiger partial charge in [0, 0.05) is 6.54 Å². The van der Waals surface area contributed by atoms with Crippen molar-refractivity contribution in [2.24, 2.45) is 17.8 Å². The van der Waals surface area contributed by atoms with Crippen LogP contribution in [0.3, 0.4) is 0 Å². The molecule has 18 heavy (non-hydrogen) atoms. The molecule has 2 aliphatic rings. The van der Waals surface area contributed by atoms with Gasteiger partial charge in [0.2, 0.25) is 5.91 Å². The van der Waals surface area contributed by atoms with E-state index in [4.69, 9.17) is 0 Å². The number of amides is 1. The number of rotatable bonds is 4. The van der Waals surface area contributed by atoms with Crippen molar-refractivity contribution in [3.63, 3.8) is 0 Å². The van der Waals surface area contributed by atoms with Gasteiger partial charge < -0.3 is 4.90 Å². The Hall–Kier alpha value is -0.570. The Labute approximate surface area is 111 Å². The highest BCUT2D eigenvalue weighted by atomic mass is 16.2. The summed E-state index contributed by atoms with van der Waals surface area (Å²) in [5, 5.41) is 3.47. The summed E-state index contributed by atoms with van der Waals surface area (Å²) in [5.74, 6) is 2.27. The van der Waals surface area contributed by atoms with Gasteiger partial charge in [-0.05, 0) is 31.1 Å². The van der Waals surface area contributed by atoms with Gasteiger partial charge in [-0.1, -0.05) is 40.0 Å². The Balaban J connectivity index is 1.98. The van der Waals surface area contributed by atoms with Crippen molar-refractivity contribution >= 4 is 5.91 Å². The van der Waals surface area contributed by atoms with Crippen LogP contribution in [0.25, 0.3) is 0 Å². The second-order valence-electron chi connectivity index (χ2n) is 6.36. The number of carbonyl (C=O) groups is 1. The molecule has 104 valence electrons. The second-order valence-corrected chi connectivity index (χ2v) is 6.36. The van der Waals surface area contributed by atoms with Crippen molar-refractivity contribution < 1.29 is 4.79 Å². The Kier molecular flexibility index (Phi) is 4.31. The molecule has 1 saturated heterocycles. The zero-order chi connectivity index (χ0) is 13.3. The lowest BCUT2D eigenvalue weighted by Crippen LogP contribution is -2.39. The van der Waals surface area contributed by atoms with Crippen LogP contribution in [0.4, 0.5) is 0 Å². The lowest BCUT2D eigenvalue weighted by Gasteiger charge is -2.26. The molecule has 1 heterocycles. The smallest absolute Gasteiger partial charge is 0.241 e. The van der Waals surface area contributed by atoms with Crippen LogP contribution in [0.15, 0.2) is 0 Å². The standard InChI is InChI=1S/C15H28N2O/c1-5-10(2)14-15(18)17(12(4)16-14)9-13-8-6-7-11(13)3/h10-14,16H,5-9H2,1-4H3. The summed E-state index contributed by atoms with van der Waals surface area (Å²) >= 11 is 0. The molecule has 0 aromatic rings. The van der Waals surface area contributed by atoms with Gasteiger partial charge in [0.05, 0.1) is 12.2 Å². The maximum absolute atomic E-state index is 12.5. The van der Waals surface area contributed by atoms with Gasteiger partial charge >= 0.3 is 0 Å². The van der Waals surface area contributed by atoms with Crippen LogP contribution in [-0.2, 0) is 4.79 Å². The molecule has 1 N–H and O–H groups in total. The highest BCUT2D eigenvalue weighted by molar-refractivity contribution is 5.84. The summed E-state index contributed by atoms with van der Waals surface area (Å²) in [5.41, 5.74) is 0. The summed E-state index contributed by atoms with van der Waals surface area (Å²) in [6.07, 6.45) is 5.24. The van der Waals surface area contributed by atoms with E-state index in [9.17, 15) is 4.79 Å². The summed E-state index contributed by atoms with van der Waals surface area (Å²) in [6.45, 7) is 9.75. The Morgan fingerprint density at radius 1 is 1.39 bits per heavy atom. The third-order valence-corrected chi connectivity index (χ3v) is 5.12. The van der Waals surface area contributed by atoms with Crippen LogP contribution in [-0.4, -0.2) is 29.6 Å². The monoisotopic (exact) mass is 252 g/mol. The van der Waals surface area contributed by atoms with Crippen LogP contribution in [0.2, 0.25) is 0 Å². The van der Waals surface area contributed by atoms with Crippen molar-refractivity contribution in [3.8, 4) is 0 Å². The van der Waals surface area contributed by atoms with Crippen LogP contribution in [0, 0.1) is 17.8 Å². The number of hydrogen-bond acceptors (Lipinski definition) is 2. The topological polar surface area (TPSA) is 32.3 Å².